The van der Waals surface area contributed by atoms with Crippen LogP contribution in [0.2, 0.25) is 0 Å². The number of ether oxygens (including phenoxy) is 1. The third-order valence-corrected chi connectivity index (χ3v) is 3.52. The molecule has 1 aromatic rings. The first-order chi connectivity index (χ1) is 9.44. The average molecular weight is 328 g/mol. The second-order valence-corrected chi connectivity index (χ2v) is 6.03. The number of hydrogen-bond donors (Lipinski definition) is 1. The van der Waals surface area contributed by atoms with E-state index in [1.165, 1.54) is 0 Å². The fourth-order valence-corrected chi connectivity index (χ4v) is 2.01. The van der Waals surface area contributed by atoms with E-state index >= 15 is 0 Å². The summed E-state index contributed by atoms with van der Waals surface area (Å²) in [6.07, 6.45) is -4.01. The minimum absolute atomic E-state index is 0.463. The lowest BCUT2D eigenvalue weighted by Crippen LogP contribution is -2.23. The van der Waals surface area contributed by atoms with Crippen LogP contribution < -0.4 is 5.14 Å². The van der Waals surface area contributed by atoms with E-state index in [1.54, 1.807) is 13.8 Å². The van der Waals surface area contributed by atoms with Gasteiger partial charge in [-0.15, -0.1) is 0 Å². The molecule has 0 aliphatic rings. The van der Waals surface area contributed by atoms with Crippen LogP contribution in [-0.4, -0.2) is 31.2 Å². The van der Waals surface area contributed by atoms with Gasteiger partial charge in [0.1, 0.15) is 17.1 Å². The van der Waals surface area contributed by atoms with Crippen molar-refractivity contribution in [2.75, 3.05) is 0 Å². The highest BCUT2D eigenvalue weighted by Crippen LogP contribution is 2.22. The van der Waals surface area contributed by atoms with E-state index < -0.39 is 45.4 Å². The van der Waals surface area contributed by atoms with Crippen molar-refractivity contribution >= 4 is 16.0 Å². The highest BCUT2D eigenvalue weighted by atomic mass is 32.2. The summed E-state index contributed by atoms with van der Waals surface area (Å²) in [5, 5.41) is 4.86. The van der Waals surface area contributed by atoms with E-state index in [9.17, 15) is 26.4 Å². The molecule has 1 aromatic heterocycles. The molecule has 0 spiro atoms. The van der Waals surface area contributed by atoms with E-state index in [4.69, 9.17) is 9.88 Å². The second-order valence-electron chi connectivity index (χ2n) is 4.47. The summed E-state index contributed by atoms with van der Waals surface area (Å²) in [5.41, 5.74) is -0.517. The van der Waals surface area contributed by atoms with Crippen LogP contribution in [0.15, 0.2) is 17.2 Å². The minimum atomic E-state index is -4.62. The molecule has 6 nitrogen and oxygen atoms in total. The number of nitrogens with two attached hydrogens (primary N) is 1. The van der Waals surface area contributed by atoms with Crippen LogP contribution in [0.1, 0.15) is 30.8 Å². The molecule has 120 valence electrons. The number of sulfonamides is 1. The Balaban J connectivity index is 3.21. The maximum Gasteiger partial charge on any atom is 0.406 e. The van der Waals surface area contributed by atoms with Gasteiger partial charge in [0.25, 0.3) is 0 Å². The average Bonchev–Trinajstić information content (AvgIpc) is 2.69. The molecule has 0 bridgehead atoms. The van der Waals surface area contributed by atoms with Crippen molar-refractivity contribution < 1.29 is 31.1 Å². The van der Waals surface area contributed by atoms with Crippen LogP contribution in [-0.2, 0) is 21.3 Å². The van der Waals surface area contributed by atoms with E-state index in [2.05, 4.69) is 0 Å². The van der Waals surface area contributed by atoms with Gasteiger partial charge in [-0.05, 0) is 19.4 Å². The van der Waals surface area contributed by atoms with E-state index in [0.717, 1.165) is 6.07 Å². The van der Waals surface area contributed by atoms with Gasteiger partial charge in [0.15, 0.2) is 0 Å². The van der Waals surface area contributed by atoms with Gasteiger partial charge in [-0.1, -0.05) is 6.92 Å². The monoisotopic (exact) mass is 328 g/mol. The summed E-state index contributed by atoms with van der Waals surface area (Å²) in [4.78, 5) is 11.2. The Hall–Kier alpha value is -1.55. The minimum Gasteiger partial charge on any atom is -0.458 e. The van der Waals surface area contributed by atoms with E-state index in [1.807, 2.05) is 0 Å². The first-order valence-corrected chi connectivity index (χ1v) is 7.49. The van der Waals surface area contributed by atoms with Crippen LogP contribution in [0.25, 0.3) is 0 Å². The quantitative estimate of drug-likeness (QED) is 0.832. The number of halogens is 3. The Morgan fingerprint density at radius 1 is 1.48 bits per heavy atom. The SMILES string of the molecule is CCC(C)OC(=O)c1cc(S(N)(=O)=O)cn1CC(F)(F)F. The number of carbonyl (C=O) groups is 1. The molecule has 2 N–H and O–H groups in total. The van der Waals surface area contributed by atoms with Crippen LogP contribution in [0.4, 0.5) is 13.2 Å². The van der Waals surface area contributed by atoms with Crippen LogP contribution in [0.5, 0.6) is 0 Å². The smallest absolute Gasteiger partial charge is 0.406 e. The van der Waals surface area contributed by atoms with E-state index in [-0.39, 0.29) is 0 Å². The van der Waals surface area contributed by atoms with Crippen LogP contribution in [0.3, 0.4) is 0 Å². The molecule has 0 radical (unpaired) electrons. The molecule has 0 fully saturated rings. The Morgan fingerprint density at radius 3 is 2.48 bits per heavy atom. The number of nitrogens with zero attached hydrogens (tertiary/aromatic N) is 1. The van der Waals surface area contributed by atoms with Crippen LogP contribution in [0, 0.1) is 0 Å². The van der Waals surface area contributed by atoms with E-state index in [0.29, 0.717) is 17.2 Å². The maximum absolute atomic E-state index is 12.5. The van der Waals surface area contributed by atoms with Gasteiger partial charge in [-0.25, -0.2) is 18.4 Å². The molecule has 1 rings (SSSR count). The number of aromatic nitrogens is 1. The number of esters is 1. The Kier molecular flexibility index (Phi) is 5.05. The summed E-state index contributed by atoms with van der Waals surface area (Å²) >= 11 is 0. The van der Waals surface area contributed by atoms with Gasteiger partial charge in [-0.2, -0.15) is 13.2 Å². The molecule has 0 saturated carbocycles. The molecule has 21 heavy (non-hydrogen) atoms. The van der Waals surface area contributed by atoms with Crippen molar-refractivity contribution in [2.24, 2.45) is 5.14 Å². The molecule has 10 heteroatoms. The lowest BCUT2D eigenvalue weighted by Gasteiger charge is -2.13. The highest BCUT2D eigenvalue weighted by Gasteiger charge is 2.31. The van der Waals surface area contributed by atoms with Gasteiger partial charge < -0.3 is 9.30 Å². The van der Waals surface area contributed by atoms with Crippen molar-refractivity contribution in [1.82, 2.24) is 4.57 Å². The van der Waals surface area contributed by atoms with Crippen molar-refractivity contribution in [2.45, 2.75) is 44.0 Å². The Bertz CT molecular complexity index is 622. The highest BCUT2D eigenvalue weighted by molar-refractivity contribution is 7.89. The lowest BCUT2D eigenvalue weighted by atomic mass is 10.3. The summed E-state index contributed by atoms with van der Waals surface area (Å²) in [5.74, 6) is -1.04. The number of rotatable bonds is 5. The Morgan fingerprint density at radius 2 is 2.05 bits per heavy atom. The topological polar surface area (TPSA) is 91.4 Å². The van der Waals surface area contributed by atoms with Gasteiger partial charge in [0, 0.05) is 6.20 Å². The molecule has 1 unspecified atom stereocenters. The molecule has 0 aliphatic heterocycles. The zero-order chi connectivity index (χ0) is 16.4. The molecular formula is C11H15F3N2O4S. The summed E-state index contributed by atoms with van der Waals surface area (Å²) in [6.45, 7) is 1.77. The number of primary sulfonamides is 1. The first kappa shape index (κ1) is 17.5. The van der Waals surface area contributed by atoms with Gasteiger partial charge >= 0.3 is 12.1 Å². The van der Waals surface area contributed by atoms with Crippen LogP contribution >= 0.6 is 0 Å². The zero-order valence-corrected chi connectivity index (χ0v) is 12.2. The molecule has 0 aliphatic carbocycles. The van der Waals surface area contributed by atoms with Gasteiger partial charge in [0.05, 0.1) is 6.10 Å². The number of carbonyl (C=O) groups excluding carboxylic acids is 1. The third-order valence-electron chi connectivity index (χ3n) is 2.64. The number of hydrogen-bond acceptors (Lipinski definition) is 4. The Labute approximate surface area is 119 Å². The predicted octanol–water partition coefficient (Wildman–Crippen LogP) is 1.65. The molecule has 0 aromatic carbocycles. The fourth-order valence-electron chi connectivity index (χ4n) is 1.46. The standard InChI is InChI=1S/C11H15F3N2O4S/c1-3-7(2)20-10(17)9-4-8(21(15,18)19)5-16(9)6-11(12,13)14/h4-5,7H,3,6H2,1-2H3,(H2,15,18,19). The molecule has 0 saturated heterocycles. The maximum atomic E-state index is 12.5. The molecule has 0 amide bonds. The fraction of sp³-hybridized carbons (Fsp3) is 0.545. The first-order valence-electron chi connectivity index (χ1n) is 5.94. The lowest BCUT2D eigenvalue weighted by molar-refractivity contribution is -0.140. The molecule has 1 heterocycles. The predicted molar refractivity (Wildman–Crippen MR) is 67.0 cm³/mol. The summed E-state index contributed by atoms with van der Waals surface area (Å²) in [6, 6.07) is 0.770. The molecule has 1 atom stereocenters. The van der Waals surface area contributed by atoms with Crippen molar-refractivity contribution in [3.8, 4) is 0 Å². The van der Waals surface area contributed by atoms with Gasteiger partial charge in [0.2, 0.25) is 10.0 Å². The van der Waals surface area contributed by atoms with Crippen molar-refractivity contribution in [1.29, 1.82) is 0 Å². The summed E-state index contributed by atoms with van der Waals surface area (Å²) in [7, 11) is -4.22. The largest absolute Gasteiger partial charge is 0.458 e. The van der Waals surface area contributed by atoms with Gasteiger partial charge in [-0.3, -0.25) is 0 Å². The summed E-state index contributed by atoms with van der Waals surface area (Å²) < 4.78 is 65.2. The third kappa shape index (κ3) is 5.05. The van der Waals surface area contributed by atoms with Crippen molar-refractivity contribution in [3.63, 3.8) is 0 Å². The van der Waals surface area contributed by atoms with Crippen molar-refractivity contribution in [3.05, 3.63) is 18.0 Å². The zero-order valence-electron chi connectivity index (χ0n) is 11.3. The molecular weight excluding hydrogens is 313 g/mol. The second kappa shape index (κ2) is 6.06. The number of alkyl halides is 3. The normalized spacial score (nSPS) is 14.0.